The van der Waals surface area contributed by atoms with E-state index in [1.807, 2.05) is 0 Å². The van der Waals surface area contributed by atoms with Crippen LogP contribution in [0.4, 0.5) is 0 Å². The zero-order valence-electron chi connectivity index (χ0n) is 11.2. The molecule has 0 radical (unpaired) electrons. The fraction of sp³-hybridized carbons (Fsp3) is 0.615. The van der Waals surface area contributed by atoms with E-state index in [1.165, 1.54) is 4.90 Å². The summed E-state index contributed by atoms with van der Waals surface area (Å²) in [4.78, 5) is 24.7. The number of amides is 1. The highest BCUT2D eigenvalue weighted by Crippen LogP contribution is 2.20. The highest BCUT2D eigenvalue weighted by Gasteiger charge is 2.35. The van der Waals surface area contributed by atoms with Gasteiger partial charge in [-0.2, -0.15) is 5.10 Å². The molecule has 1 aromatic heterocycles. The summed E-state index contributed by atoms with van der Waals surface area (Å²) in [5, 5.41) is 15.9. The molecule has 19 heavy (non-hydrogen) atoms. The van der Waals surface area contributed by atoms with Crippen molar-refractivity contribution in [2.45, 2.75) is 39.2 Å². The molecule has 104 valence electrons. The van der Waals surface area contributed by atoms with Crippen molar-refractivity contribution in [1.29, 1.82) is 0 Å². The van der Waals surface area contributed by atoms with Crippen molar-refractivity contribution < 1.29 is 14.7 Å². The smallest absolute Gasteiger partial charge is 0.326 e. The molecule has 6 nitrogen and oxygen atoms in total. The second-order valence-corrected chi connectivity index (χ2v) is 5.37. The third kappa shape index (κ3) is 2.94. The van der Waals surface area contributed by atoms with Gasteiger partial charge >= 0.3 is 5.97 Å². The Morgan fingerprint density at radius 2 is 2.32 bits per heavy atom. The molecule has 1 aliphatic rings. The normalized spacial score (nSPS) is 19.1. The topological polar surface area (TPSA) is 86.3 Å². The molecule has 2 heterocycles. The number of carbonyl (C=O) groups excluding carboxylic acids is 1. The third-order valence-corrected chi connectivity index (χ3v) is 3.28. The number of aromatic nitrogens is 2. The van der Waals surface area contributed by atoms with Crippen LogP contribution in [0.15, 0.2) is 6.07 Å². The van der Waals surface area contributed by atoms with Crippen LogP contribution >= 0.6 is 0 Å². The Bertz CT molecular complexity index is 481. The molecule has 1 aliphatic heterocycles. The maximum Gasteiger partial charge on any atom is 0.326 e. The molecule has 1 amide bonds. The van der Waals surface area contributed by atoms with E-state index in [-0.39, 0.29) is 5.91 Å². The van der Waals surface area contributed by atoms with Crippen LogP contribution < -0.4 is 0 Å². The van der Waals surface area contributed by atoms with E-state index in [0.717, 1.165) is 18.5 Å². The first kappa shape index (κ1) is 13.6. The molecule has 2 rings (SSSR count). The predicted octanol–water partition coefficient (Wildman–Crippen LogP) is 1.30. The first-order valence-electron chi connectivity index (χ1n) is 6.57. The molecule has 0 aliphatic carbocycles. The number of aliphatic carboxylic acids is 1. The van der Waals surface area contributed by atoms with Gasteiger partial charge in [0.05, 0.1) is 0 Å². The highest BCUT2D eigenvalue weighted by atomic mass is 16.4. The number of rotatable bonds is 4. The third-order valence-electron chi connectivity index (χ3n) is 3.28. The van der Waals surface area contributed by atoms with Crippen LogP contribution in [-0.2, 0) is 11.2 Å². The van der Waals surface area contributed by atoms with Gasteiger partial charge in [-0.05, 0) is 31.2 Å². The van der Waals surface area contributed by atoms with Crippen LogP contribution in [0.25, 0.3) is 0 Å². The van der Waals surface area contributed by atoms with Crippen LogP contribution in [0.1, 0.15) is 42.9 Å². The Morgan fingerprint density at radius 1 is 1.58 bits per heavy atom. The van der Waals surface area contributed by atoms with Gasteiger partial charge < -0.3 is 10.0 Å². The van der Waals surface area contributed by atoms with Crippen molar-refractivity contribution in [2.24, 2.45) is 5.92 Å². The lowest BCUT2D eigenvalue weighted by Crippen LogP contribution is -2.40. The highest BCUT2D eigenvalue weighted by molar-refractivity contribution is 5.95. The van der Waals surface area contributed by atoms with Gasteiger partial charge in [-0.3, -0.25) is 9.89 Å². The predicted molar refractivity (Wildman–Crippen MR) is 68.8 cm³/mol. The Labute approximate surface area is 111 Å². The van der Waals surface area contributed by atoms with Crippen LogP contribution in [0.2, 0.25) is 0 Å². The Balaban J connectivity index is 2.11. The molecule has 1 atom stereocenters. The van der Waals surface area contributed by atoms with Gasteiger partial charge in [-0.25, -0.2) is 4.79 Å². The average Bonchev–Trinajstić information content (AvgIpc) is 2.94. The van der Waals surface area contributed by atoms with Crippen molar-refractivity contribution in [3.05, 3.63) is 17.5 Å². The molecular formula is C13H19N3O3. The van der Waals surface area contributed by atoms with Crippen molar-refractivity contribution in [1.82, 2.24) is 15.1 Å². The second-order valence-electron chi connectivity index (χ2n) is 5.37. The fourth-order valence-electron chi connectivity index (χ4n) is 2.43. The summed E-state index contributed by atoms with van der Waals surface area (Å²) in [6, 6.07) is 1.01. The van der Waals surface area contributed by atoms with Crippen LogP contribution in [0.3, 0.4) is 0 Å². The lowest BCUT2D eigenvalue weighted by atomic mass is 10.1. The number of carbonyl (C=O) groups is 2. The van der Waals surface area contributed by atoms with Crippen LogP contribution in [-0.4, -0.2) is 44.7 Å². The maximum absolute atomic E-state index is 12.2. The number of hydrogen-bond donors (Lipinski definition) is 2. The second kappa shape index (κ2) is 5.42. The van der Waals surface area contributed by atoms with Gasteiger partial charge in [0, 0.05) is 12.2 Å². The number of aromatic amines is 1. The van der Waals surface area contributed by atoms with Gasteiger partial charge in [0.25, 0.3) is 5.91 Å². The molecule has 6 heteroatoms. The average molecular weight is 265 g/mol. The quantitative estimate of drug-likeness (QED) is 0.859. The van der Waals surface area contributed by atoms with Crippen molar-refractivity contribution in [3.63, 3.8) is 0 Å². The zero-order valence-corrected chi connectivity index (χ0v) is 11.2. The number of likely N-dealkylation sites (tertiary alicyclic amines) is 1. The van der Waals surface area contributed by atoms with Gasteiger partial charge in [0.2, 0.25) is 0 Å². The number of carboxylic acid groups (broad SMARTS) is 1. The Kier molecular flexibility index (Phi) is 3.87. The van der Waals surface area contributed by atoms with E-state index in [1.54, 1.807) is 6.07 Å². The van der Waals surface area contributed by atoms with E-state index < -0.39 is 12.0 Å². The Hall–Kier alpha value is -1.85. The number of nitrogens with zero attached hydrogens (tertiary/aromatic N) is 2. The zero-order chi connectivity index (χ0) is 14.0. The lowest BCUT2D eigenvalue weighted by molar-refractivity contribution is -0.141. The van der Waals surface area contributed by atoms with E-state index >= 15 is 0 Å². The molecule has 0 saturated carbocycles. The van der Waals surface area contributed by atoms with Crippen molar-refractivity contribution in [2.75, 3.05) is 6.54 Å². The molecule has 1 saturated heterocycles. The summed E-state index contributed by atoms with van der Waals surface area (Å²) < 4.78 is 0. The van der Waals surface area contributed by atoms with E-state index in [4.69, 9.17) is 5.11 Å². The van der Waals surface area contributed by atoms with Gasteiger partial charge in [-0.15, -0.1) is 0 Å². The number of carboxylic acids is 1. The minimum Gasteiger partial charge on any atom is -0.480 e. The standard InChI is InChI=1S/C13H19N3O3/c1-8(2)6-9-7-10(15-14-9)12(17)16-5-3-4-11(16)13(18)19/h7-8,11H,3-6H2,1-2H3,(H,14,15)(H,18,19)/t11-/m1/s1. The largest absolute Gasteiger partial charge is 0.480 e. The Morgan fingerprint density at radius 3 is 2.95 bits per heavy atom. The molecule has 0 spiro atoms. The molecular weight excluding hydrogens is 246 g/mol. The minimum atomic E-state index is -0.941. The fourth-order valence-corrected chi connectivity index (χ4v) is 2.43. The summed E-state index contributed by atoms with van der Waals surface area (Å²) in [6.07, 6.45) is 2.07. The van der Waals surface area contributed by atoms with E-state index in [9.17, 15) is 9.59 Å². The minimum absolute atomic E-state index is 0.295. The summed E-state index contributed by atoms with van der Waals surface area (Å²) in [7, 11) is 0. The molecule has 1 aromatic rings. The van der Waals surface area contributed by atoms with Crippen molar-refractivity contribution >= 4 is 11.9 Å². The van der Waals surface area contributed by atoms with Crippen LogP contribution in [0, 0.1) is 5.92 Å². The van der Waals surface area contributed by atoms with Gasteiger partial charge in [-0.1, -0.05) is 13.8 Å². The van der Waals surface area contributed by atoms with Crippen LogP contribution in [0.5, 0.6) is 0 Å². The van der Waals surface area contributed by atoms with E-state index in [0.29, 0.717) is 24.6 Å². The molecule has 0 aromatic carbocycles. The first-order chi connectivity index (χ1) is 8.99. The summed E-state index contributed by atoms with van der Waals surface area (Å²) in [5.41, 5.74) is 1.22. The van der Waals surface area contributed by atoms with Gasteiger partial charge in [0.1, 0.15) is 11.7 Å². The monoisotopic (exact) mass is 265 g/mol. The first-order valence-corrected chi connectivity index (χ1v) is 6.57. The summed E-state index contributed by atoms with van der Waals surface area (Å²) >= 11 is 0. The maximum atomic E-state index is 12.2. The molecule has 0 unspecified atom stereocenters. The van der Waals surface area contributed by atoms with Gasteiger partial charge in [0.15, 0.2) is 0 Å². The number of nitrogens with one attached hydrogen (secondary N) is 1. The number of H-pyrrole nitrogens is 1. The number of hydrogen-bond acceptors (Lipinski definition) is 3. The molecule has 1 fully saturated rings. The molecule has 0 bridgehead atoms. The summed E-state index contributed by atoms with van der Waals surface area (Å²) in [5.74, 6) is -0.762. The van der Waals surface area contributed by atoms with Crippen molar-refractivity contribution in [3.8, 4) is 0 Å². The molecule has 2 N–H and O–H groups in total. The van der Waals surface area contributed by atoms with E-state index in [2.05, 4.69) is 24.0 Å². The summed E-state index contributed by atoms with van der Waals surface area (Å²) in [6.45, 7) is 4.66. The SMILES string of the molecule is CC(C)Cc1cc(C(=O)N2CCC[C@@H]2C(=O)O)n[nH]1. The lowest BCUT2D eigenvalue weighted by Gasteiger charge is -2.19.